The van der Waals surface area contributed by atoms with Gasteiger partial charge >= 0.3 is 0 Å². The van der Waals surface area contributed by atoms with Gasteiger partial charge in [-0.05, 0) is 51.8 Å². The van der Waals surface area contributed by atoms with Gasteiger partial charge in [0.1, 0.15) is 5.82 Å². The summed E-state index contributed by atoms with van der Waals surface area (Å²) in [4.78, 5) is 9.40. The van der Waals surface area contributed by atoms with Crippen molar-refractivity contribution in [1.82, 2.24) is 9.88 Å². The Morgan fingerprint density at radius 2 is 2.16 bits per heavy atom. The van der Waals surface area contributed by atoms with Crippen LogP contribution in [0.5, 0.6) is 0 Å². The zero-order valence-electron chi connectivity index (χ0n) is 12.8. The summed E-state index contributed by atoms with van der Waals surface area (Å²) in [6.45, 7) is 8.96. The van der Waals surface area contributed by atoms with Gasteiger partial charge in [-0.15, -0.1) is 0 Å². The van der Waals surface area contributed by atoms with Crippen molar-refractivity contribution < 1.29 is 0 Å². The highest BCUT2D eigenvalue weighted by Crippen LogP contribution is 2.32. The van der Waals surface area contributed by atoms with Crippen LogP contribution in [0.25, 0.3) is 0 Å². The summed E-state index contributed by atoms with van der Waals surface area (Å²) in [5.74, 6) is 1.07. The number of nitrogens with zero attached hydrogens (tertiary/aromatic N) is 3. The molecule has 1 fully saturated rings. The van der Waals surface area contributed by atoms with Crippen LogP contribution in [-0.2, 0) is 0 Å². The molecule has 3 heteroatoms. The first-order chi connectivity index (χ1) is 9.13. The number of hydrogen-bond acceptors (Lipinski definition) is 3. The van der Waals surface area contributed by atoms with Gasteiger partial charge in [0.15, 0.2) is 0 Å². The Morgan fingerprint density at radius 3 is 2.74 bits per heavy atom. The molecule has 0 radical (unpaired) electrons. The number of aromatic nitrogens is 1. The van der Waals surface area contributed by atoms with Crippen molar-refractivity contribution in [2.75, 3.05) is 25.0 Å². The van der Waals surface area contributed by atoms with Crippen LogP contribution in [0, 0.1) is 0 Å². The van der Waals surface area contributed by atoms with Crippen molar-refractivity contribution in [2.45, 2.75) is 52.1 Å². The molecule has 19 heavy (non-hydrogen) atoms. The summed E-state index contributed by atoms with van der Waals surface area (Å²) in [5, 5.41) is 0. The molecule has 1 atom stereocenters. The lowest BCUT2D eigenvalue weighted by Gasteiger charge is -2.38. The topological polar surface area (TPSA) is 19.4 Å². The third-order valence-corrected chi connectivity index (χ3v) is 4.23. The van der Waals surface area contributed by atoms with E-state index in [1.54, 1.807) is 0 Å². The molecule has 1 aliphatic heterocycles. The quantitative estimate of drug-likeness (QED) is 0.827. The van der Waals surface area contributed by atoms with Crippen LogP contribution < -0.4 is 4.90 Å². The highest BCUT2D eigenvalue weighted by Gasteiger charge is 2.25. The largest absolute Gasteiger partial charge is 0.360 e. The SMILES string of the molecule is CCN(C)c1ccc([C@@H]2CCCCN2C(C)C)cn1. The van der Waals surface area contributed by atoms with Crippen LogP contribution in [0.2, 0.25) is 0 Å². The summed E-state index contributed by atoms with van der Waals surface area (Å²) in [6, 6.07) is 5.59. The summed E-state index contributed by atoms with van der Waals surface area (Å²) >= 11 is 0. The van der Waals surface area contributed by atoms with E-state index in [1.165, 1.54) is 31.4 Å². The predicted octanol–water partition coefficient (Wildman–Crippen LogP) is 3.47. The third-order valence-electron chi connectivity index (χ3n) is 4.23. The van der Waals surface area contributed by atoms with Crippen molar-refractivity contribution in [3.8, 4) is 0 Å². The van der Waals surface area contributed by atoms with Gasteiger partial charge < -0.3 is 4.90 Å². The Hall–Kier alpha value is -1.09. The number of likely N-dealkylation sites (tertiary alicyclic amines) is 1. The molecule has 0 spiro atoms. The molecule has 0 aliphatic carbocycles. The Bertz CT molecular complexity index is 385. The maximum Gasteiger partial charge on any atom is 0.128 e. The lowest BCUT2D eigenvalue weighted by atomic mass is 9.95. The fourth-order valence-corrected chi connectivity index (χ4v) is 2.91. The molecule has 1 aromatic rings. The smallest absolute Gasteiger partial charge is 0.128 e. The van der Waals surface area contributed by atoms with E-state index in [-0.39, 0.29) is 0 Å². The lowest BCUT2D eigenvalue weighted by Crippen LogP contribution is -2.38. The highest BCUT2D eigenvalue weighted by atomic mass is 15.2. The van der Waals surface area contributed by atoms with Crippen LogP contribution in [0.15, 0.2) is 18.3 Å². The predicted molar refractivity (Wildman–Crippen MR) is 81.6 cm³/mol. The van der Waals surface area contributed by atoms with Gasteiger partial charge in [-0.2, -0.15) is 0 Å². The van der Waals surface area contributed by atoms with Crippen molar-refractivity contribution in [3.63, 3.8) is 0 Å². The van der Waals surface area contributed by atoms with Gasteiger partial charge in [-0.3, -0.25) is 4.90 Å². The molecule has 0 N–H and O–H groups in total. The number of rotatable bonds is 4. The van der Waals surface area contributed by atoms with E-state index in [4.69, 9.17) is 0 Å². The normalized spacial score (nSPS) is 20.8. The maximum atomic E-state index is 4.62. The molecule has 1 aliphatic rings. The molecule has 2 heterocycles. The Morgan fingerprint density at radius 1 is 1.37 bits per heavy atom. The van der Waals surface area contributed by atoms with E-state index < -0.39 is 0 Å². The number of pyridine rings is 1. The van der Waals surface area contributed by atoms with Crippen molar-refractivity contribution in [1.29, 1.82) is 0 Å². The van der Waals surface area contributed by atoms with Crippen LogP contribution in [0.3, 0.4) is 0 Å². The van der Waals surface area contributed by atoms with Gasteiger partial charge in [0.25, 0.3) is 0 Å². The fourth-order valence-electron chi connectivity index (χ4n) is 2.91. The van der Waals surface area contributed by atoms with E-state index in [2.05, 4.69) is 60.9 Å². The van der Waals surface area contributed by atoms with Crippen molar-refractivity contribution >= 4 is 5.82 Å². The number of piperidine rings is 1. The zero-order valence-corrected chi connectivity index (χ0v) is 12.8. The van der Waals surface area contributed by atoms with Crippen LogP contribution in [0.4, 0.5) is 5.82 Å². The van der Waals surface area contributed by atoms with Crippen molar-refractivity contribution in [2.24, 2.45) is 0 Å². The van der Waals surface area contributed by atoms with E-state index in [9.17, 15) is 0 Å². The zero-order chi connectivity index (χ0) is 13.8. The first-order valence-electron chi connectivity index (χ1n) is 7.56. The Labute approximate surface area is 117 Å². The summed E-state index contributed by atoms with van der Waals surface area (Å²) < 4.78 is 0. The summed E-state index contributed by atoms with van der Waals surface area (Å²) in [6.07, 6.45) is 6.01. The Balaban J connectivity index is 2.15. The molecule has 0 amide bonds. The second-order valence-corrected chi connectivity index (χ2v) is 5.81. The molecule has 0 saturated carbocycles. The van der Waals surface area contributed by atoms with E-state index in [1.807, 2.05) is 0 Å². The van der Waals surface area contributed by atoms with Crippen molar-refractivity contribution in [3.05, 3.63) is 23.9 Å². The molecule has 0 bridgehead atoms. The number of hydrogen-bond donors (Lipinski definition) is 0. The van der Waals surface area contributed by atoms with Crippen LogP contribution in [0.1, 0.15) is 51.6 Å². The van der Waals surface area contributed by atoms with E-state index in [0.717, 1.165) is 12.4 Å². The molecule has 1 saturated heterocycles. The van der Waals surface area contributed by atoms with Crippen LogP contribution >= 0.6 is 0 Å². The average molecular weight is 261 g/mol. The molecule has 3 nitrogen and oxygen atoms in total. The molecular weight excluding hydrogens is 234 g/mol. The molecule has 106 valence electrons. The van der Waals surface area contributed by atoms with Gasteiger partial charge in [0.05, 0.1) is 0 Å². The molecule has 2 rings (SSSR count). The van der Waals surface area contributed by atoms with Gasteiger partial charge in [-0.1, -0.05) is 12.5 Å². The first-order valence-corrected chi connectivity index (χ1v) is 7.56. The van der Waals surface area contributed by atoms with Crippen LogP contribution in [-0.4, -0.2) is 36.1 Å². The second kappa shape index (κ2) is 6.38. The summed E-state index contributed by atoms with van der Waals surface area (Å²) in [5.41, 5.74) is 1.38. The highest BCUT2D eigenvalue weighted by molar-refractivity contribution is 5.38. The minimum Gasteiger partial charge on any atom is -0.360 e. The van der Waals surface area contributed by atoms with Gasteiger partial charge in [0, 0.05) is 31.9 Å². The summed E-state index contributed by atoms with van der Waals surface area (Å²) in [7, 11) is 2.09. The molecule has 0 aromatic carbocycles. The van der Waals surface area contributed by atoms with E-state index >= 15 is 0 Å². The lowest BCUT2D eigenvalue weighted by molar-refractivity contribution is 0.112. The second-order valence-electron chi connectivity index (χ2n) is 5.81. The van der Waals surface area contributed by atoms with Gasteiger partial charge in [-0.25, -0.2) is 4.98 Å². The first kappa shape index (κ1) is 14.3. The third kappa shape index (κ3) is 3.27. The standard InChI is InChI=1S/C16H27N3/c1-5-18(4)16-10-9-14(12-17-16)15-8-6-7-11-19(15)13(2)3/h9-10,12-13,15H,5-8,11H2,1-4H3/t15-/m0/s1. The minimum absolute atomic E-state index is 0.558. The molecule has 0 unspecified atom stereocenters. The minimum atomic E-state index is 0.558. The monoisotopic (exact) mass is 261 g/mol. The molecule has 1 aromatic heterocycles. The van der Waals surface area contributed by atoms with Gasteiger partial charge in [0.2, 0.25) is 0 Å². The average Bonchev–Trinajstić information content (AvgIpc) is 2.46. The Kier molecular flexibility index (Phi) is 4.81. The fraction of sp³-hybridized carbons (Fsp3) is 0.688. The number of anilines is 1. The maximum absolute atomic E-state index is 4.62. The van der Waals surface area contributed by atoms with E-state index in [0.29, 0.717) is 12.1 Å². The molecular formula is C16H27N3.